The predicted molar refractivity (Wildman–Crippen MR) is 132 cm³/mol. The topological polar surface area (TPSA) is 110 Å². The molecule has 186 valence electrons. The number of piperidine rings is 1. The average Bonchev–Trinajstić information content (AvgIpc) is 3.04. The molecular formula is C24H34N4O5S. The highest BCUT2D eigenvalue weighted by atomic mass is 32.2. The number of carbonyl (C=O) groups is 2. The van der Waals surface area contributed by atoms with Crippen LogP contribution in [-0.2, 0) is 26.6 Å². The van der Waals surface area contributed by atoms with E-state index in [9.17, 15) is 18.0 Å². The van der Waals surface area contributed by atoms with Gasteiger partial charge < -0.3 is 19.5 Å². The van der Waals surface area contributed by atoms with Gasteiger partial charge in [0.1, 0.15) is 10.5 Å². The first-order chi connectivity index (χ1) is 16.0. The fourth-order valence-corrected chi connectivity index (χ4v) is 5.64. The summed E-state index contributed by atoms with van der Waals surface area (Å²) >= 11 is 0. The number of nitrogens with zero attached hydrogens (tertiary/aromatic N) is 2. The van der Waals surface area contributed by atoms with Crippen molar-refractivity contribution in [3.63, 3.8) is 0 Å². The smallest absolute Gasteiger partial charge is 0.341 e. The number of esters is 1. The van der Waals surface area contributed by atoms with Crippen molar-refractivity contribution >= 4 is 33.3 Å². The number of carbonyl (C=O) groups excluding carboxylic acids is 2. The molecule has 2 N–H and O–H groups in total. The molecule has 1 fully saturated rings. The lowest BCUT2D eigenvalue weighted by Gasteiger charge is -2.32. The molecule has 0 bridgehead atoms. The van der Waals surface area contributed by atoms with Crippen LogP contribution in [0.25, 0.3) is 0 Å². The minimum atomic E-state index is -4.14. The van der Waals surface area contributed by atoms with E-state index in [4.69, 9.17) is 4.74 Å². The van der Waals surface area contributed by atoms with Crippen LogP contribution in [0.3, 0.4) is 0 Å². The van der Waals surface area contributed by atoms with Crippen molar-refractivity contribution in [1.29, 1.82) is 0 Å². The number of anilines is 2. The highest BCUT2D eigenvalue weighted by molar-refractivity contribution is 7.89. The van der Waals surface area contributed by atoms with Crippen molar-refractivity contribution in [2.45, 2.75) is 45.4 Å². The maximum atomic E-state index is 13.0. The fraction of sp³-hybridized carbons (Fsp3) is 0.500. The Balaban J connectivity index is 1.66. The number of amides is 1. The van der Waals surface area contributed by atoms with Gasteiger partial charge >= 0.3 is 5.97 Å². The van der Waals surface area contributed by atoms with Crippen LogP contribution < -0.4 is 14.9 Å². The number of nitrogens with one attached hydrogen (secondary N) is 2. The minimum absolute atomic E-state index is 0.0162. The molecule has 1 aromatic heterocycles. The van der Waals surface area contributed by atoms with Gasteiger partial charge in [0.2, 0.25) is 15.9 Å². The lowest BCUT2D eigenvalue weighted by atomic mass is 9.99. The van der Waals surface area contributed by atoms with Gasteiger partial charge in [-0.3, -0.25) is 4.79 Å². The average molecular weight is 491 g/mol. The molecule has 1 amide bonds. The highest BCUT2D eigenvalue weighted by Crippen LogP contribution is 2.27. The summed E-state index contributed by atoms with van der Waals surface area (Å²) < 4.78 is 35.0. The zero-order valence-corrected chi connectivity index (χ0v) is 21.3. The number of aromatic nitrogens is 1. The van der Waals surface area contributed by atoms with Gasteiger partial charge in [0.25, 0.3) is 0 Å². The van der Waals surface area contributed by atoms with Gasteiger partial charge in [0.05, 0.1) is 13.2 Å². The molecule has 0 aliphatic carbocycles. The molecule has 1 aromatic carbocycles. The van der Waals surface area contributed by atoms with Crippen LogP contribution in [0.2, 0.25) is 0 Å². The van der Waals surface area contributed by atoms with Crippen molar-refractivity contribution in [1.82, 2.24) is 9.29 Å². The molecule has 2 heterocycles. The molecule has 10 heteroatoms. The predicted octanol–water partition coefficient (Wildman–Crippen LogP) is 2.97. The largest absolute Gasteiger partial charge is 0.462 e. The van der Waals surface area contributed by atoms with Crippen molar-refractivity contribution in [3.05, 3.63) is 41.2 Å². The summed E-state index contributed by atoms with van der Waals surface area (Å²) in [5.74, 6) is -0.474. The van der Waals surface area contributed by atoms with Gasteiger partial charge in [-0.15, -0.1) is 0 Å². The number of benzene rings is 1. The Morgan fingerprint density at radius 3 is 2.29 bits per heavy atom. The first-order valence-corrected chi connectivity index (χ1v) is 13.0. The highest BCUT2D eigenvalue weighted by Gasteiger charge is 2.31. The number of ether oxygens (including phenoxy) is 1. The third-order valence-corrected chi connectivity index (χ3v) is 7.96. The lowest BCUT2D eigenvalue weighted by molar-refractivity contribution is -0.115. The van der Waals surface area contributed by atoms with E-state index in [2.05, 4.69) is 21.9 Å². The lowest BCUT2D eigenvalue weighted by Crippen LogP contribution is -2.34. The van der Waals surface area contributed by atoms with Crippen LogP contribution in [-0.4, -0.2) is 51.1 Å². The van der Waals surface area contributed by atoms with E-state index in [-0.39, 0.29) is 17.1 Å². The Labute approximate surface area is 201 Å². The van der Waals surface area contributed by atoms with Crippen molar-refractivity contribution in [3.8, 4) is 0 Å². The van der Waals surface area contributed by atoms with Gasteiger partial charge in [-0.1, -0.05) is 6.92 Å². The molecule has 1 saturated heterocycles. The Morgan fingerprint density at radius 1 is 1.09 bits per heavy atom. The second kappa shape index (κ2) is 10.6. The Bertz CT molecular complexity index is 1150. The Hall–Kier alpha value is -2.85. The molecule has 9 nitrogen and oxygen atoms in total. The third-order valence-electron chi connectivity index (χ3n) is 6.39. The number of rotatable bonds is 8. The van der Waals surface area contributed by atoms with E-state index in [0.29, 0.717) is 17.1 Å². The third kappa shape index (κ3) is 5.61. The summed E-state index contributed by atoms with van der Waals surface area (Å²) in [4.78, 5) is 27.0. The van der Waals surface area contributed by atoms with Crippen LogP contribution in [0.15, 0.2) is 29.2 Å². The Kier molecular flexibility index (Phi) is 8.04. The van der Waals surface area contributed by atoms with Crippen LogP contribution in [0.5, 0.6) is 0 Å². The molecule has 0 saturated carbocycles. The van der Waals surface area contributed by atoms with Crippen molar-refractivity contribution < 1.29 is 22.7 Å². The molecule has 0 radical (unpaired) electrons. The molecule has 34 heavy (non-hydrogen) atoms. The molecule has 1 aliphatic rings. The molecule has 0 atom stereocenters. The summed E-state index contributed by atoms with van der Waals surface area (Å²) in [5.41, 5.74) is 2.53. The molecule has 1 aliphatic heterocycles. The van der Waals surface area contributed by atoms with Crippen LogP contribution in [0.4, 0.5) is 11.4 Å². The first-order valence-electron chi connectivity index (χ1n) is 11.5. The maximum absolute atomic E-state index is 13.0. The quantitative estimate of drug-likeness (QED) is 0.551. The van der Waals surface area contributed by atoms with Gasteiger partial charge in [-0.25, -0.2) is 17.9 Å². The van der Waals surface area contributed by atoms with E-state index >= 15 is 0 Å². The van der Waals surface area contributed by atoms with Crippen LogP contribution >= 0.6 is 0 Å². The maximum Gasteiger partial charge on any atom is 0.341 e. The Morgan fingerprint density at radius 2 is 1.71 bits per heavy atom. The zero-order chi connectivity index (χ0) is 25.0. The minimum Gasteiger partial charge on any atom is -0.462 e. The molecule has 3 rings (SSSR count). The number of sulfonamides is 1. The molecule has 0 unspecified atom stereocenters. The number of hydrogen-bond donors (Lipinski definition) is 2. The van der Waals surface area contributed by atoms with Gasteiger partial charge in [0, 0.05) is 42.9 Å². The summed E-state index contributed by atoms with van der Waals surface area (Å²) in [6.45, 7) is 8.86. The molecule has 2 aromatic rings. The van der Waals surface area contributed by atoms with Crippen molar-refractivity contribution in [2.24, 2.45) is 13.0 Å². The SMILES string of the molecule is CCOC(=O)c1c(S(=O)(=O)NCC(=O)Nc2ccc(N3CCC(C)CC3)cc2)c(C)n(C)c1C. The van der Waals surface area contributed by atoms with E-state index in [0.717, 1.165) is 37.5 Å². The van der Waals surface area contributed by atoms with E-state index in [1.165, 1.54) is 0 Å². The normalized spacial score (nSPS) is 14.8. The molecular weight excluding hydrogens is 456 g/mol. The second-order valence-corrected chi connectivity index (χ2v) is 10.4. The van der Waals surface area contributed by atoms with E-state index in [1.54, 1.807) is 32.4 Å². The summed E-state index contributed by atoms with van der Waals surface area (Å²) in [6.07, 6.45) is 2.33. The monoisotopic (exact) mass is 490 g/mol. The fourth-order valence-electron chi connectivity index (χ4n) is 4.15. The van der Waals surface area contributed by atoms with Gasteiger partial charge in [0.15, 0.2) is 0 Å². The van der Waals surface area contributed by atoms with Crippen molar-refractivity contribution in [2.75, 3.05) is 36.5 Å². The first kappa shape index (κ1) is 25.8. The zero-order valence-electron chi connectivity index (χ0n) is 20.5. The van der Waals surface area contributed by atoms with E-state index in [1.807, 2.05) is 24.3 Å². The standard InChI is InChI=1S/C24H34N4O5S/c1-6-33-24(30)22-17(3)27(5)18(4)23(22)34(31,32)25-15-21(29)26-19-7-9-20(10-8-19)28-13-11-16(2)12-14-28/h7-10,16,25H,6,11-15H2,1-5H3,(H,26,29). The van der Waals surface area contributed by atoms with Gasteiger partial charge in [-0.2, -0.15) is 0 Å². The van der Waals surface area contributed by atoms with E-state index < -0.39 is 28.4 Å². The summed E-state index contributed by atoms with van der Waals surface area (Å²) in [5, 5.41) is 2.71. The summed E-state index contributed by atoms with van der Waals surface area (Å²) in [7, 11) is -2.47. The summed E-state index contributed by atoms with van der Waals surface area (Å²) in [6, 6.07) is 7.53. The van der Waals surface area contributed by atoms with Crippen LogP contribution in [0, 0.1) is 19.8 Å². The second-order valence-electron chi connectivity index (χ2n) is 8.74. The number of hydrogen-bond acceptors (Lipinski definition) is 6. The molecule has 0 spiro atoms. The van der Waals surface area contributed by atoms with Crippen LogP contribution in [0.1, 0.15) is 48.4 Å². The van der Waals surface area contributed by atoms with Gasteiger partial charge in [-0.05, 0) is 63.8 Å².